The van der Waals surface area contributed by atoms with E-state index in [0.717, 1.165) is 16.8 Å². The maximum Gasteiger partial charge on any atom is 0.237 e. The molecule has 0 atom stereocenters. The van der Waals surface area contributed by atoms with Crippen LogP contribution in [0.3, 0.4) is 0 Å². The number of nitrogens with zero attached hydrogens (tertiary/aromatic N) is 1. The Labute approximate surface area is 140 Å². The van der Waals surface area contributed by atoms with Crippen molar-refractivity contribution >= 4 is 11.7 Å². The molecule has 0 saturated heterocycles. The van der Waals surface area contributed by atoms with E-state index in [4.69, 9.17) is 0 Å². The maximum absolute atomic E-state index is 12.9. The molecular weight excluding hydrogens is 298 g/mol. The van der Waals surface area contributed by atoms with Crippen molar-refractivity contribution in [3.8, 4) is 0 Å². The van der Waals surface area contributed by atoms with Crippen LogP contribution in [0, 0.1) is 0 Å². The number of aromatic amines is 1. The van der Waals surface area contributed by atoms with E-state index >= 15 is 0 Å². The lowest BCUT2D eigenvalue weighted by Crippen LogP contribution is -2.22. The summed E-state index contributed by atoms with van der Waals surface area (Å²) in [6.07, 6.45) is 2.40. The Bertz CT molecular complexity index is 783. The Morgan fingerprint density at radius 3 is 2.12 bits per heavy atom. The number of benzene rings is 2. The van der Waals surface area contributed by atoms with Crippen molar-refractivity contribution in [1.82, 2.24) is 10.2 Å². The van der Waals surface area contributed by atoms with Gasteiger partial charge in [0.05, 0.1) is 5.92 Å². The van der Waals surface area contributed by atoms with Crippen LogP contribution in [0.2, 0.25) is 0 Å². The summed E-state index contributed by atoms with van der Waals surface area (Å²) < 4.78 is 0. The van der Waals surface area contributed by atoms with E-state index in [1.807, 2.05) is 66.7 Å². The average molecular weight is 317 g/mol. The van der Waals surface area contributed by atoms with Gasteiger partial charge in [0.2, 0.25) is 5.91 Å². The zero-order valence-electron chi connectivity index (χ0n) is 13.3. The molecule has 4 heteroatoms. The summed E-state index contributed by atoms with van der Waals surface area (Å²) in [5.41, 5.74) is 3.06. The molecule has 3 aromatic rings. The zero-order chi connectivity index (χ0) is 16.4. The number of carbonyl (C=O) groups is 1. The molecule has 1 saturated carbocycles. The van der Waals surface area contributed by atoms with Gasteiger partial charge in [0.25, 0.3) is 0 Å². The van der Waals surface area contributed by atoms with Crippen molar-refractivity contribution in [3.63, 3.8) is 0 Å². The number of hydrogen-bond donors (Lipinski definition) is 2. The van der Waals surface area contributed by atoms with Gasteiger partial charge in [-0.2, -0.15) is 5.10 Å². The van der Waals surface area contributed by atoms with Crippen LogP contribution in [-0.4, -0.2) is 16.1 Å². The van der Waals surface area contributed by atoms with Crippen molar-refractivity contribution in [1.29, 1.82) is 0 Å². The Morgan fingerprint density at radius 2 is 1.58 bits per heavy atom. The van der Waals surface area contributed by atoms with Crippen molar-refractivity contribution in [3.05, 3.63) is 83.6 Å². The first-order chi connectivity index (χ1) is 11.8. The monoisotopic (exact) mass is 317 g/mol. The van der Waals surface area contributed by atoms with Crippen molar-refractivity contribution in [2.75, 3.05) is 5.32 Å². The second kappa shape index (κ2) is 6.32. The lowest BCUT2D eigenvalue weighted by Gasteiger charge is -2.17. The fourth-order valence-corrected chi connectivity index (χ4v) is 2.99. The summed E-state index contributed by atoms with van der Waals surface area (Å²) >= 11 is 0. The molecule has 0 bridgehead atoms. The Hall–Kier alpha value is -2.88. The molecule has 2 aromatic carbocycles. The third-order valence-corrected chi connectivity index (χ3v) is 4.39. The standard InChI is InChI=1S/C20H19N3O/c24-20(21-18-13-17(22-23-18)14-11-12-14)19(15-7-3-1-4-8-15)16-9-5-2-6-10-16/h1-10,13-14,19H,11-12H2,(H2,21,22,23,24). The predicted molar refractivity (Wildman–Crippen MR) is 93.9 cm³/mol. The number of rotatable bonds is 5. The van der Waals surface area contributed by atoms with Gasteiger partial charge in [0.15, 0.2) is 5.82 Å². The van der Waals surface area contributed by atoms with Gasteiger partial charge in [-0.15, -0.1) is 0 Å². The van der Waals surface area contributed by atoms with Crippen LogP contribution < -0.4 is 5.32 Å². The summed E-state index contributed by atoms with van der Waals surface area (Å²) in [6, 6.07) is 21.6. The first-order valence-electron chi connectivity index (χ1n) is 8.27. The fourth-order valence-electron chi connectivity index (χ4n) is 2.99. The lowest BCUT2D eigenvalue weighted by molar-refractivity contribution is -0.116. The quantitative estimate of drug-likeness (QED) is 0.745. The highest BCUT2D eigenvalue weighted by Gasteiger charge is 2.27. The number of nitrogens with one attached hydrogen (secondary N) is 2. The Morgan fingerprint density at radius 1 is 1.00 bits per heavy atom. The highest BCUT2D eigenvalue weighted by atomic mass is 16.2. The molecule has 1 fully saturated rings. The first kappa shape index (κ1) is 14.7. The molecule has 1 aliphatic carbocycles. The third-order valence-electron chi connectivity index (χ3n) is 4.39. The SMILES string of the molecule is O=C(Nc1cc(C2CC2)[nH]n1)C(c1ccccc1)c1ccccc1. The minimum absolute atomic E-state index is 0.0683. The van der Waals surface area contributed by atoms with Gasteiger partial charge >= 0.3 is 0 Å². The van der Waals surface area contributed by atoms with Crippen LogP contribution in [0.1, 0.15) is 41.5 Å². The predicted octanol–water partition coefficient (Wildman–Crippen LogP) is 4.06. The van der Waals surface area contributed by atoms with Gasteiger partial charge in [-0.05, 0) is 24.0 Å². The third kappa shape index (κ3) is 3.08. The van der Waals surface area contributed by atoms with Crippen LogP contribution in [-0.2, 0) is 4.79 Å². The van der Waals surface area contributed by atoms with Crippen molar-refractivity contribution in [2.45, 2.75) is 24.7 Å². The molecule has 0 aliphatic heterocycles. The first-order valence-corrected chi connectivity index (χ1v) is 8.27. The molecular formula is C20H19N3O. The van der Waals surface area contributed by atoms with E-state index < -0.39 is 0 Å². The van der Waals surface area contributed by atoms with Crippen LogP contribution in [0.15, 0.2) is 66.7 Å². The summed E-state index contributed by atoms with van der Waals surface area (Å²) in [4.78, 5) is 12.9. The molecule has 0 unspecified atom stereocenters. The van der Waals surface area contributed by atoms with Gasteiger partial charge in [-0.1, -0.05) is 60.7 Å². The van der Waals surface area contributed by atoms with E-state index in [1.165, 1.54) is 12.8 Å². The highest BCUT2D eigenvalue weighted by molar-refractivity contribution is 5.97. The smallest absolute Gasteiger partial charge is 0.237 e. The molecule has 24 heavy (non-hydrogen) atoms. The normalized spacial score (nSPS) is 13.9. The molecule has 0 radical (unpaired) electrons. The van der Waals surface area contributed by atoms with Gasteiger partial charge in [0.1, 0.15) is 0 Å². The second-order valence-electron chi connectivity index (χ2n) is 6.23. The minimum Gasteiger partial charge on any atom is -0.308 e. The number of carbonyl (C=O) groups excluding carboxylic acids is 1. The van der Waals surface area contributed by atoms with E-state index in [9.17, 15) is 4.79 Å². The van der Waals surface area contributed by atoms with E-state index in [0.29, 0.717) is 11.7 Å². The summed E-state index contributed by atoms with van der Waals surface area (Å²) in [5, 5.41) is 10.2. The fraction of sp³-hybridized carbons (Fsp3) is 0.200. The average Bonchev–Trinajstić information content (AvgIpc) is 3.37. The molecule has 1 aromatic heterocycles. The largest absolute Gasteiger partial charge is 0.308 e. The summed E-state index contributed by atoms with van der Waals surface area (Å²) in [5.74, 6) is 0.760. The molecule has 1 amide bonds. The minimum atomic E-state index is -0.353. The highest BCUT2D eigenvalue weighted by Crippen LogP contribution is 2.39. The zero-order valence-corrected chi connectivity index (χ0v) is 13.3. The summed E-state index contributed by atoms with van der Waals surface area (Å²) in [6.45, 7) is 0. The molecule has 4 rings (SSSR count). The van der Waals surface area contributed by atoms with Crippen LogP contribution in [0.5, 0.6) is 0 Å². The Balaban J connectivity index is 1.61. The van der Waals surface area contributed by atoms with E-state index in [2.05, 4.69) is 15.5 Å². The Kier molecular flexibility index (Phi) is 3.87. The number of aromatic nitrogens is 2. The maximum atomic E-state index is 12.9. The number of H-pyrrole nitrogens is 1. The van der Waals surface area contributed by atoms with Crippen LogP contribution in [0.25, 0.3) is 0 Å². The number of hydrogen-bond acceptors (Lipinski definition) is 2. The van der Waals surface area contributed by atoms with Crippen molar-refractivity contribution < 1.29 is 4.79 Å². The number of amides is 1. The second-order valence-corrected chi connectivity index (χ2v) is 6.23. The molecule has 1 heterocycles. The van der Waals surface area contributed by atoms with E-state index in [-0.39, 0.29) is 11.8 Å². The molecule has 4 nitrogen and oxygen atoms in total. The molecule has 120 valence electrons. The topological polar surface area (TPSA) is 57.8 Å². The lowest BCUT2D eigenvalue weighted by atomic mass is 9.90. The van der Waals surface area contributed by atoms with Crippen LogP contribution in [0.4, 0.5) is 5.82 Å². The number of anilines is 1. The van der Waals surface area contributed by atoms with Crippen LogP contribution >= 0.6 is 0 Å². The van der Waals surface area contributed by atoms with Gasteiger partial charge in [0, 0.05) is 17.7 Å². The molecule has 0 spiro atoms. The molecule has 1 aliphatic rings. The van der Waals surface area contributed by atoms with Gasteiger partial charge < -0.3 is 5.32 Å². The van der Waals surface area contributed by atoms with Gasteiger partial charge in [-0.3, -0.25) is 9.89 Å². The van der Waals surface area contributed by atoms with Crippen molar-refractivity contribution in [2.24, 2.45) is 0 Å². The molecule has 2 N–H and O–H groups in total. The summed E-state index contributed by atoms with van der Waals surface area (Å²) in [7, 11) is 0. The van der Waals surface area contributed by atoms with E-state index in [1.54, 1.807) is 0 Å². The van der Waals surface area contributed by atoms with Gasteiger partial charge in [-0.25, -0.2) is 0 Å².